The van der Waals surface area contributed by atoms with Gasteiger partial charge in [0.1, 0.15) is 28.4 Å². The summed E-state index contributed by atoms with van der Waals surface area (Å²) < 4.78 is 12.3. The summed E-state index contributed by atoms with van der Waals surface area (Å²) >= 11 is 5.49. The summed E-state index contributed by atoms with van der Waals surface area (Å²) in [6, 6.07) is 6.60. The van der Waals surface area contributed by atoms with E-state index in [1.165, 1.54) is 18.2 Å². The van der Waals surface area contributed by atoms with Gasteiger partial charge in [0.15, 0.2) is 0 Å². The zero-order valence-corrected chi connectivity index (χ0v) is 11.6. The first-order valence-corrected chi connectivity index (χ1v) is 6.03. The zero-order valence-electron chi connectivity index (χ0n) is 10.8. The third-order valence-corrected chi connectivity index (χ3v) is 2.61. The molecule has 0 radical (unpaired) electrons. The maximum Gasteiger partial charge on any atom is 0.339 e. The topological polar surface area (TPSA) is 115 Å². The van der Waals surface area contributed by atoms with Gasteiger partial charge in [-0.2, -0.15) is 0 Å². The molecule has 0 spiro atoms. The molecule has 0 aromatic heterocycles. The van der Waals surface area contributed by atoms with E-state index in [0.717, 1.165) is 18.2 Å². The number of phenols is 2. The molecule has 2 rings (SSSR count). The van der Waals surface area contributed by atoms with Crippen molar-refractivity contribution in [2.45, 2.75) is 0 Å². The fourth-order valence-electron chi connectivity index (χ4n) is 1.36. The van der Waals surface area contributed by atoms with E-state index in [9.17, 15) is 14.0 Å². The van der Waals surface area contributed by atoms with Crippen LogP contribution in [0.2, 0.25) is 5.02 Å². The average molecular weight is 329 g/mol. The van der Waals surface area contributed by atoms with Crippen LogP contribution in [0, 0.1) is 5.82 Å². The first-order valence-electron chi connectivity index (χ1n) is 5.66. The van der Waals surface area contributed by atoms with E-state index >= 15 is 0 Å². The third kappa shape index (κ3) is 4.64. The maximum absolute atomic E-state index is 12.3. The molecule has 0 saturated carbocycles. The van der Waals surface area contributed by atoms with Crippen LogP contribution < -0.4 is 0 Å². The first kappa shape index (κ1) is 17.3. The van der Waals surface area contributed by atoms with Crippen molar-refractivity contribution in [2.24, 2.45) is 0 Å². The lowest BCUT2D eigenvalue weighted by molar-refractivity contribution is 0.0682. The lowest BCUT2D eigenvalue weighted by atomic mass is 10.2. The molecule has 0 unspecified atom stereocenters. The Morgan fingerprint density at radius 1 is 0.864 bits per heavy atom. The number of rotatable bonds is 2. The Kier molecular flexibility index (Phi) is 5.71. The van der Waals surface area contributed by atoms with Crippen molar-refractivity contribution in [3.05, 3.63) is 58.4 Å². The molecular weight excluding hydrogens is 319 g/mol. The van der Waals surface area contributed by atoms with Gasteiger partial charge in [-0.3, -0.25) is 0 Å². The van der Waals surface area contributed by atoms with E-state index in [0.29, 0.717) is 5.02 Å². The van der Waals surface area contributed by atoms with Crippen molar-refractivity contribution in [3.63, 3.8) is 0 Å². The van der Waals surface area contributed by atoms with Crippen LogP contribution in [0.15, 0.2) is 36.4 Å². The molecule has 4 N–H and O–H groups in total. The zero-order chi connectivity index (χ0) is 16.9. The molecule has 0 heterocycles. The highest BCUT2D eigenvalue weighted by molar-refractivity contribution is 6.31. The van der Waals surface area contributed by atoms with E-state index in [-0.39, 0.29) is 11.3 Å². The van der Waals surface area contributed by atoms with Crippen LogP contribution in [-0.4, -0.2) is 32.4 Å². The largest absolute Gasteiger partial charge is 0.507 e. The normalized spacial score (nSPS) is 9.55. The number of carboxylic acids is 2. The monoisotopic (exact) mass is 328 g/mol. The van der Waals surface area contributed by atoms with Gasteiger partial charge in [0.2, 0.25) is 0 Å². The van der Waals surface area contributed by atoms with Crippen molar-refractivity contribution in [1.82, 2.24) is 0 Å². The fourth-order valence-corrected chi connectivity index (χ4v) is 1.53. The molecule has 0 bridgehead atoms. The van der Waals surface area contributed by atoms with Crippen LogP contribution in [0.1, 0.15) is 20.7 Å². The van der Waals surface area contributed by atoms with Gasteiger partial charge in [-0.15, -0.1) is 0 Å². The second-order valence-electron chi connectivity index (χ2n) is 3.93. The Bertz CT molecular complexity index is 655. The van der Waals surface area contributed by atoms with Crippen LogP contribution in [0.25, 0.3) is 0 Å². The Morgan fingerprint density at radius 3 is 1.73 bits per heavy atom. The van der Waals surface area contributed by atoms with Crippen molar-refractivity contribution < 1.29 is 34.4 Å². The predicted octanol–water partition coefficient (Wildman–Crippen LogP) is 2.97. The van der Waals surface area contributed by atoms with E-state index in [4.69, 9.17) is 32.0 Å². The van der Waals surface area contributed by atoms with Gasteiger partial charge in [-0.05, 0) is 36.4 Å². The van der Waals surface area contributed by atoms with Gasteiger partial charge in [0, 0.05) is 5.02 Å². The van der Waals surface area contributed by atoms with Crippen molar-refractivity contribution in [1.29, 1.82) is 0 Å². The first-order chi connectivity index (χ1) is 10.2. The molecule has 0 aliphatic rings. The maximum atomic E-state index is 12.3. The van der Waals surface area contributed by atoms with Crippen molar-refractivity contribution in [3.8, 4) is 11.5 Å². The number of halogens is 2. The Hall–Kier alpha value is -2.80. The summed E-state index contributed by atoms with van der Waals surface area (Å²) in [5, 5.41) is 35.0. The minimum absolute atomic E-state index is 0.183. The summed E-state index contributed by atoms with van der Waals surface area (Å²) in [5.74, 6) is -3.92. The molecular formula is C14H10ClFO6. The molecule has 0 amide bonds. The molecule has 0 aliphatic heterocycles. The average Bonchev–Trinajstić information content (AvgIpc) is 2.44. The van der Waals surface area contributed by atoms with Crippen LogP contribution in [0.4, 0.5) is 4.39 Å². The number of aromatic carboxylic acids is 2. The Labute approximate surface area is 128 Å². The highest BCUT2D eigenvalue weighted by Gasteiger charge is 2.09. The van der Waals surface area contributed by atoms with Gasteiger partial charge in [0.05, 0.1) is 0 Å². The molecule has 116 valence electrons. The van der Waals surface area contributed by atoms with E-state index in [1.807, 2.05) is 0 Å². The summed E-state index contributed by atoms with van der Waals surface area (Å²) in [6.45, 7) is 0. The standard InChI is InChI=1S/C7H5ClO3.C7H5FO3/c2*8-4-1-2-6(9)5(3-4)7(10)11/h2*1-3,9H,(H,10,11). The molecule has 0 saturated heterocycles. The highest BCUT2D eigenvalue weighted by Crippen LogP contribution is 2.20. The van der Waals surface area contributed by atoms with E-state index in [1.54, 1.807) is 0 Å². The van der Waals surface area contributed by atoms with Crippen LogP contribution in [-0.2, 0) is 0 Å². The minimum atomic E-state index is -1.35. The van der Waals surface area contributed by atoms with E-state index < -0.39 is 29.1 Å². The highest BCUT2D eigenvalue weighted by atomic mass is 35.5. The number of hydrogen-bond donors (Lipinski definition) is 4. The number of carboxylic acid groups (broad SMARTS) is 2. The molecule has 6 nitrogen and oxygen atoms in total. The van der Waals surface area contributed by atoms with Gasteiger partial charge < -0.3 is 20.4 Å². The smallest absolute Gasteiger partial charge is 0.339 e. The molecule has 0 fully saturated rings. The predicted molar refractivity (Wildman–Crippen MR) is 75.1 cm³/mol. The summed E-state index contributed by atoms with van der Waals surface area (Å²) in [5.41, 5.74) is -0.609. The number of aromatic hydroxyl groups is 2. The number of carbonyl (C=O) groups is 2. The van der Waals surface area contributed by atoms with Gasteiger partial charge in [-0.25, -0.2) is 14.0 Å². The lowest BCUT2D eigenvalue weighted by Crippen LogP contribution is -1.96. The molecule has 2 aromatic carbocycles. The number of hydrogen-bond acceptors (Lipinski definition) is 4. The molecule has 0 atom stereocenters. The summed E-state index contributed by atoms with van der Waals surface area (Å²) in [7, 11) is 0. The van der Waals surface area contributed by atoms with Crippen LogP contribution in [0.5, 0.6) is 11.5 Å². The summed E-state index contributed by atoms with van der Waals surface area (Å²) in [4.78, 5) is 20.6. The molecule has 0 aliphatic carbocycles. The molecule has 2 aromatic rings. The second-order valence-corrected chi connectivity index (χ2v) is 4.37. The van der Waals surface area contributed by atoms with E-state index in [2.05, 4.69) is 0 Å². The summed E-state index contributed by atoms with van der Waals surface area (Å²) in [6.07, 6.45) is 0. The quantitative estimate of drug-likeness (QED) is 0.673. The second kappa shape index (κ2) is 7.28. The third-order valence-electron chi connectivity index (χ3n) is 2.38. The lowest BCUT2D eigenvalue weighted by Gasteiger charge is -1.97. The molecule has 22 heavy (non-hydrogen) atoms. The molecule has 8 heteroatoms. The van der Waals surface area contributed by atoms with Crippen LogP contribution in [0.3, 0.4) is 0 Å². The number of benzene rings is 2. The fraction of sp³-hybridized carbons (Fsp3) is 0. The Balaban J connectivity index is 0.000000220. The van der Waals surface area contributed by atoms with Crippen LogP contribution >= 0.6 is 11.6 Å². The van der Waals surface area contributed by atoms with Gasteiger partial charge in [0.25, 0.3) is 0 Å². The Morgan fingerprint density at radius 2 is 1.32 bits per heavy atom. The SMILES string of the molecule is O=C(O)c1cc(Cl)ccc1O.O=C(O)c1cc(F)ccc1O. The van der Waals surface area contributed by atoms with Crippen molar-refractivity contribution >= 4 is 23.5 Å². The van der Waals surface area contributed by atoms with Gasteiger partial charge in [-0.1, -0.05) is 11.6 Å². The minimum Gasteiger partial charge on any atom is -0.507 e. The van der Waals surface area contributed by atoms with Crippen molar-refractivity contribution in [2.75, 3.05) is 0 Å². The van der Waals surface area contributed by atoms with Gasteiger partial charge >= 0.3 is 11.9 Å².